The van der Waals surface area contributed by atoms with Crippen LogP contribution in [0.1, 0.15) is 34.0 Å². The van der Waals surface area contributed by atoms with E-state index in [1.54, 1.807) is 6.92 Å². The van der Waals surface area contributed by atoms with Crippen LogP contribution in [0.25, 0.3) is 0 Å². The van der Waals surface area contributed by atoms with Gasteiger partial charge in [-0.2, -0.15) is 0 Å². The lowest BCUT2D eigenvalue weighted by atomic mass is 9.91. The number of carbonyl (C=O) groups excluding carboxylic acids is 1. The lowest BCUT2D eigenvalue weighted by molar-refractivity contribution is 0.0996. The molecule has 0 saturated heterocycles. The third-order valence-corrected chi connectivity index (χ3v) is 3.08. The molecule has 17 heavy (non-hydrogen) atoms. The Labute approximate surface area is 101 Å². The number of amides is 1. The van der Waals surface area contributed by atoms with Crippen molar-refractivity contribution in [1.82, 2.24) is 0 Å². The minimum atomic E-state index is -0.730. The van der Waals surface area contributed by atoms with Gasteiger partial charge in [0, 0.05) is 0 Å². The van der Waals surface area contributed by atoms with Crippen molar-refractivity contribution in [2.45, 2.75) is 27.2 Å². The van der Waals surface area contributed by atoms with E-state index in [4.69, 9.17) is 11.5 Å². The van der Waals surface area contributed by atoms with Gasteiger partial charge in [0.05, 0.1) is 5.56 Å². The van der Waals surface area contributed by atoms with Crippen molar-refractivity contribution in [3.05, 3.63) is 34.1 Å². The van der Waals surface area contributed by atoms with Crippen LogP contribution >= 0.6 is 0 Å². The predicted octanol–water partition coefficient (Wildman–Crippen LogP) is 1.68. The summed E-state index contributed by atoms with van der Waals surface area (Å²) in [5.41, 5.74) is 13.0. The summed E-state index contributed by atoms with van der Waals surface area (Å²) in [5.74, 6) is -0.958. The maximum Gasteiger partial charge on any atom is 0.251 e. The molecule has 0 aliphatic heterocycles. The number of benzene rings is 1. The molecule has 0 radical (unpaired) electrons. The van der Waals surface area contributed by atoms with Crippen molar-refractivity contribution < 1.29 is 9.18 Å². The maximum atomic E-state index is 13.9. The Morgan fingerprint density at radius 1 is 1.47 bits per heavy atom. The zero-order chi connectivity index (χ0) is 13.2. The predicted molar refractivity (Wildman–Crippen MR) is 66.3 cm³/mol. The van der Waals surface area contributed by atoms with E-state index in [0.717, 1.165) is 11.1 Å². The van der Waals surface area contributed by atoms with Crippen LogP contribution in [-0.2, 0) is 6.42 Å². The van der Waals surface area contributed by atoms with E-state index < -0.39 is 11.7 Å². The lowest BCUT2D eigenvalue weighted by Gasteiger charge is -2.16. The normalized spacial score (nSPS) is 12.5. The second kappa shape index (κ2) is 5.27. The van der Waals surface area contributed by atoms with Crippen LogP contribution in [0.5, 0.6) is 0 Å². The number of nitrogens with two attached hydrogens (primary N) is 2. The van der Waals surface area contributed by atoms with Crippen molar-refractivity contribution >= 4 is 5.91 Å². The van der Waals surface area contributed by atoms with Gasteiger partial charge in [0.1, 0.15) is 5.82 Å². The maximum absolute atomic E-state index is 13.9. The summed E-state index contributed by atoms with van der Waals surface area (Å²) in [6.45, 7) is 6.10. The SMILES string of the molecule is Cc1cc(C(N)=O)c(F)c(C)c1C[C@H](C)CN. The number of rotatable bonds is 4. The second-order valence-corrected chi connectivity index (χ2v) is 4.57. The minimum Gasteiger partial charge on any atom is -0.366 e. The van der Waals surface area contributed by atoms with Crippen LogP contribution < -0.4 is 11.5 Å². The smallest absolute Gasteiger partial charge is 0.251 e. The second-order valence-electron chi connectivity index (χ2n) is 4.57. The van der Waals surface area contributed by atoms with Crippen LogP contribution in [0, 0.1) is 25.6 Å². The average Bonchev–Trinajstić information content (AvgIpc) is 2.28. The molecular formula is C13H19FN2O. The standard InChI is InChI=1S/C13H19FN2O/c1-7(6-15)4-10-8(2)5-11(13(16)17)12(14)9(10)3/h5,7H,4,6,15H2,1-3H3,(H2,16,17)/t7-/m0/s1. The first-order valence-corrected chi connectivity index (χ1v) is 5.66. The van der Waals surface area contributed by atoms with Gasteiger partial charge in [0.15, 0.2) is 0 Å². The topological polar surface area (TPSA) is 69.1 Å². The molecule has 94 valence electrons. The molecule has 1 atom stereocenters. The number of carbonyl (C=O) groups is 1. The third kappa shape index (κ3) is 2.82. The highest BCUT2D eigenvalue weighted by Crippen LogP contribution is 2.23. The van der Waals surface area contributed by atoms with Gasteiger partial charge < -0.3 is 11.5 Å². The zero-order valence-electron chi connectivity index (χ0n) is 10.5. The first-order valence-electron chi connectivity index (χ1n) is 5.66. The van der Waals surface area contributed by atoms with E-state index in [1.165, 1.54) is 6.07 Å². The third-order valence-electron chi connectivity index (χ3n) is 3.08. The highest BCUT2D eigenvalue weighted by molar-refractivity contribution is 5.93. The molecule has 0 aliphatic rings. The number of aryl methyl sites for hydroxylation is 1. The fourth-order valence-electron chi connectivity index (χ4n) is 1.92. The molecule has 1 rings (SSSR count). The van der Waals surface area contributed by atoms with Gasteiger partial charge in [-0.25, -0.2) is 4.39 Å². The first-order chi connectivity index (χ1) is 7.88. The summed E-state index contributed by atoms with van der Waals surface area (Å²) >= 11 is 0. The van der Waals surface area contributed by atoms with Gasteiger partial charge in [-0.3, -0.25) is 4.79 Å². The Hall–Kier alpha value is -1.42. The van der Waals surface area contributed by atoms with Gasteiger partial charge in [-0.05, 0) is 55.5 Å². The van der Waals surface area contributed by atoms with Crippen LogP contribution in [0.15, 0.2) is 6.07 Å². The van der Waals surface area contributed by atoms with E-state index in [2.05, 4.69) is 0 Å². The van der Waals surface area contributed by atoms with Crippen LogP contribution in [0.3, 0.4) is 0 Å². The average molecular weight is 238 g/mol. The van der Waals surface area contributed by atoms with E-state index in [9.17, 15) is 9.18 Å². The van der Waals surface area contributed by atoms with Crippen LogP contribution in [-0.4, -0.2) is 12.5 Å². The molecule has 0 spiro atoms. The molecule has 3 nitrogen and oxygen atoms in total. The molecule has 0 heterocycles. The molecule has 0 aliphatic carbocycles. The molecule has 0 unspecified atom stereocenters. The Balaban J connectivity index is 3.25. The number of halogens is 1. The molecule has 1 aromatic rings. The molecule has 0 fully saturated rings. The Morgan fingerprint density at radius 2 is 2.06 bits per heavy atom. The quantitative estimate of drug-likeness (QED) is 0.837. The summed E-state index contributed by atoms with van der Waals surface area (Å²) in [6.07, 6.45) is 0.712. The Bertz CT molecular complexity index is 444. The summed E-state index contributed by atoms with van der Waals surface area (Å²) in [5, 5.41) is 0. The van der Waals surface area contributed by atoms with Gasteiger partial charge in [0.2, 0.25) is 0 Å². The lowest BCUT2D eigenvalue weighted by Crippen LogP contribution is -2.18. The van der Waals surface area contributed by atoms with E-state index in [-0.39, 0.29) is 11.5 Å². The number of primary amides is 1. The van der Waals surface area contributed by atoms with Crippen molar-refractivity contribution in [2.24, 2.45) is 17.4 Å². The van der Waals surface area contributed by atoms with Crippen molar-refractivity contribution in [1.29, 1.82) is 0 Å². The Morgan fingerprint density at radius 3 is 2.53 bits per heavy atom. The summed E-state index contributed by atoms with van der Waals surface area (Å²) in [6, 6.07) is 1.52. The van der Waals surface area contributed by atoms with E-state index in [1.807, 2.05) is 13.8 Å². The summed E-state index contributed by atoms with van der Waals surface area (Å²) < 4.78 is 13.9. The zero-order valence-corrected chi connectivity index (χ0v) is 10.5. The molecule has 1 amide bonds. The van der Waals surface area contributed by atoms with Crippen molar-refractivity contribution in [3.63, 3.8) is 0 Å². The fourth-order valence-corrected chi connectivity index (χ4v) is 1.92. The molecule has 0 saturated carbocycles. The molecular weight excluding hydrogens is 219 g/mol. The molecule has 0 aromatic heterocycles. The molecule has 0 bridgehead atoms. The molecule has 4 N–H and O–H groups in total. The number of hydrogen-bond donors (Lipinski definition) is 2. The van der Waals surface area contributed by atoms with Gasteiger partial charge in [0.25, 0.3) is 5.91 Å². The van der Waals surface area contributed by atoms with Crippen LogP contribution in [0.2, 0.25) is 0 Å². The number of hydrogen-bond acceptors (Lipinski definition) is 2. The highest BCUT2D eigenvalue weighted by atomic mass is 19.1. The highest BCUT2D eigenvalue weighted by Gasteiger charge is 2.17. The molecule has 1 aromatic carbocycles. The van der Waals surface area contributed by atoms with E-state index >= 15 is 0 Å². The van der Waals surface area contributed by atoms with Gasteiger partial charge in [-0.15, -0.1) is 0 Å². The van der Waals surface area contributed by atoms with Gasteiger partial charge >= 0.3 is 0 Å². The molecule has 4 heteroatoms. The van der Waals surface area contributed by atoms with Crippen LogP contribution in [0.4, 0.5) is 4.39 Å². The summed E-state index contributed by atoms with van der Waals surface area (Å²) in [7, 11) is 0. The first kappa shape index (κ1) is 13.6. The monoisotopic (exact) mass is 238 g/mol. The van der Waals surface area contributed by atoms with Crippen molar-refractivity contribution in [3.8, 4) is 0 Å². The summed E-state index contributed by atoms with van der Waals surface area (Å²) in [4.78, 5) is 11.1. The van der Waals surface area contributed by atoms with Gasteiger partial charge in [-0.1, -0.05) is 6.92 Å². The minimum absolute atomic E-state index is 0.0378. The van der Waals surface area contributed by atoms with E-state index in [0.29, 0.717) is 18.5 Å². The largest absolute Gasteiger partial charge is 0.366 e. The van der Waals surface area contributed by atoms with Crippen molar-refractivity contribution in [2.75, 3.05) is 6.54 Å². The fraction of sp³-hybridized carbons (Fsp3) is 0.462. The Kier molecular flexibility index (Phi) is 4.23.